The van der Waals surface area contributed by atoms with Crippen LogP contribution < -0.4 is 0 Å². The summed E-state index contributed by atoms with van der Waals surface area (Å²) in [6, 6.07) is 0. The van der Waals surface area contributed by atoms with Crippen molar-refractivity contribution < 1.29 is 28.6 Å². The van der Waals surface area contributed by atoms with Gasteiger partial charge in [-0.2, -0.15) is 0 Å². The van der Waals surface area contributed by atoms with Crippen LogP contribution >= 0.6 is 0 Å². The smallest absolute Gasteiger partial charge is 0.320 e. The van der Waals surface area contributed by atoms with Gasteiger partial charge in [0.2, 0.25) is 6.29 Å². The lowest BCUT2D eigenvalue weighted by Gasteiger charge is -2.54. The largest absolute Gasteiger partial charge is 0.468 e. The topological polar surface area (TPSA) is 78.9 Å². The molecule has 162 valence electrons. The van der Waals surface area contributed by atoms with Crippen molar-refractivity contribution in [3.8, 4) is 0 Å². The van der Waals surface area contributed by atoms with Crippen molar-refractivity contribution in [3.05, 3.63) is 0 Å². The first kappa shape index (κ1) is 20.8. The minimum atomic E-state index is -1.39. The number of Topliss-reactive ketones (excluding diaryl/α,β-unsaturated/α-hetero) is 1. The Morgan fingerprint density at radius 2 is 1.90 bits per heavy atom. The molecule has 0 aromatic heterocycles. The van der Waals surface area contributed by atoms with E-state index in [-0.39, 0.29) is 30.1 Å². The molecule has 6 nitrogen and oxygen atoms in total. The number of ketones is 1. The minimum absolute atomic E-state index is 0.0312. The second-order valence-corrected chi connectivity index (χ2v) is 10.8. The molecule has 1 heterocycles. The number of esters is 2. The monoisotopic (exact) mass is 406 g/mol. The van der Waals surface area contributed by atoms with Gasteiger partial charge in [0.25, 0.3) is 0 Å². The predicted molar refractivity (Wildman–Crippen MR) is 104 cm³/mol. The molecule has 8 atom stereocenters. The highest BCUT2D eigenvalue weighted by atomic mass is 16.7. The van der Waals surface area contributed by atoms with Crippen molar-refractivity contribution >= 4 is 17.7 Å². The third-order valence-corrected chi connectivity index (χ3v) is 8.26. The van der Waals surface area contributed by atoms with Crippen molar-refractivity contribution in [2.45, 2.75) is 72.7 Å². The number of rotatable bonds is 4. The molecular formula is C23H34O6. The van der Waals surface area contributed by atoms with E-state index in [9.17, 15) is 14.4 Å². The standard InChI is InChI=1S/C23H34O6/c1-11(2)13-8-7-12(3)9-14(13)28-20-16-17(19(25)29-20)23(21(26)27-6)15(24)10-22(4,5)18(16)23/h11-14,16-18,20H,7-10H2,1-6H3/t12-,13+,14-,16+,17+,18-,20-,23+/m1/s1. The average Bonchev–Trinajstić information content (AvgIpc) is 2.93. The Morgan fingerprint density at radius 3 is 2.52 bits per heavy atom. The second kappa shape index (κ2) is 6.79. The van der Waals surface area contributed by atoms with E-state index in [1.807, 2.05) is 13.8 Å². The molecule has 1 aliphatic heterocycles. The first-order valence-corrected chi connectivity index (χ1v) is 11.0. The number of hydrogen-bond acceptors (Lipinski definition) is 6. The van der Waals surface area contributed by atoms with E-state index in [2.05, 4.69) is 20.8 Å². The van der Waals surface area contributed by atoms with E-state index in [0.29, 0.717) is 17.8 Å². The van der Waals surface area contributed by atoms with Gasteiger partial charge in [-0.1, -0.05) is 41.0 Å². The van der Waals surface area contributed by atoms with Crippen LogP contribution in [0.1, 0.15) is 60.3 Å². The summed E-state index contributed by atoms with van der Waals surface area (Å²) in [5.41, 5.74) is -1.80. The second-order valence-electron chi connectivity index (χ2n) is 10.8. The SMILES string of the molecule is COC(=O)[C@]12C(=O)CC(C)(C)[C@H]1[C@H]1[C@H](O[C@@H]3C[C@H](C)CC[C@H]3C(C)C)OC(=O)[C@H]12. The van der Waals surface area contributed by atoms with Gasteiger partial charge in [0.15, 0.2) is 5.78 Å². The summed E-state index contributed by atoms with van der Waals surface area (Å²) in [6.07, 6.45) is 2.87. The number of cyclic esters (lactones) is 1. The molecule has 4 aliphatic rings. The van der Waals surface area contributed by atoms with Crippen LogP contribution in [0.4, 0.5) is 0 Å². The Kier molecular flexibility index (Phi) is 4.88. The maximum atomic E-state index is 13.0. The molecule has 0 spiro atoms. The van der Waals surface area contributed by atoms with Crippen LogP contribution in [0.2, 0.25) is 0 Å². The summed E-state index contributed by atoms with van der Waals surface area (Å²) in [6.45, 7) is 10.7. The maximum absolute atomic E-state index is 13.0. The van der Waals surface area contributed by atoms with E-state index >= 15 is 0 Å². The first-order valence-electron chi connectivity index (χ1n) is 11.0. The zero-order valence-electron chi connectivity index (χ0n) is 18.4. The van der Waals surface area contributed by atoms with Crippen LogP contribution in [0.15, 0.2) is 0 Å². The molecule has 0 bridgehead atoms. The lowest BCUT2D eigenvalue weighted by molar-refractivity contribution is -0.228. The molecule has 0 aromatic rings. The predicted octanol–water partition coefficient (Wildman–Crippen LogP) is 3.37. The van der Waals surface area contributed by atoms with Crippen molar-refractivity contribution in [2.75, 3.05) is 7.11 Å². The Balaban J connectivity index is 1.64. The van der Waals surface area contributed by atoms with Crippen LogP contribution in [0.5, 0.6) is 0 Å². The van der Waals surface area contributed by atoms with Gasteiger partial charge in [0.05, 0.1) is 19.1 Å². The Morgan fingerprint density at radius 1 is 1.21 bits per heavy atom. The number of methoxy groups -OCH3 is 1. The Hall–Kier alpha value is -1.43. The van der Waals surface area contributed by atoms with Gasteiger partial charge in [-0.25, -0.2) is 0 Å². The molecule has 4 fully saturated rings. The van der Waals surface area contributed by atoms with Crippen LogP contribution in [-0.4, -0.2) is 37.2 Å². The van der Waals surface area contributed by atoms with E-state index in [1.54, 1.807) is 0 Å². The van der Waals surface area contributed by atoms with Gasteiger partial charge in [-0.05, 0) is 41.9 Å². The molecule has 0 N–H and O–H groups in total. The van der Waals surface area contributed by atoms with Gasteiger partial charge in [-0.15, -0.1) is 0 Å². The van der Waals surface area contributed by atoms with E-state index in [0.717, 1.165) is 12.8 Å². The first-order chi connectivity index (χ1) is 13.6. The molecule has 0 radical (unpaired) electrons. The van der Waals surface area contributed by atoms with Crippen molar-refractivity contribution in [1.29, 1.82) is 0 Å². The van der Waals surface area contributed by atoms with Gasteiger partial charge >= 0.3 is 11.9 Å². The van der Waals surface area contributed by atoms with Crippen LogP contribution in [0.3, 0.4) is 0 Å². The molecule has 4 rings (SSSR count). The third-order valence-electron chi connectivity index (χ3n) is 8.26. The molecule has 0 aromatic carbocycles. The van der Waals surface area contributed by atoms with Crippen LogP contribution in [0.25, 0.3) is 0 Å². The number of fused-ring (bicyclic) bond motifs is 4. The van der Waals surface area contributed by atoms with Gasteiger partial charge in [0, 0.05) is 12.3 Å². The van der Waals surface area contributed by atoms with Gasteiger partial charge in [0.1, 0.15) is 5.41 Å². The van der Waals surface area contributed by atoms with E-state index in [4.69, 9.17) is 14.2 Å². The summed E-state index contributed by atoms with van der Waals surface area (Å²) in [7, 11) is 1.28. The molecule has 3 saturated carbocycles. The summed E-state index contributed by atoms with van der Waals surface area (Å²) >= 11 is 0. The Labute approximate surface area is 173 Å². The third kappa shape index (κ3) is 2.74. The number of carbonyl (C=O) groups is 3. The summed E-state index contributed by atoms with van der Waals surface area (Å²) in [5.74, 6) is -1.14. The summed E-state index contributed by atoms with van der Waals surface area (Å²) in [4.78, 5) is 38.6. The fraction of sp³-hybridized carbons (Fsp3) is 0.870. The maximum Gasteiger partial charge on any atom is 0.320 e. The normalized spacial score (nSPS) is 45.4. The van der Waals surface area contributed by atoms with Crippen molar-refractivity contribution in [3.63, 3.8) is 0 Å². The molecule has 0 unspecified atom stereocenters. The zero-order chi connectivity index (χ0) is 21.3. The number of hydrogen-bond donors (Lipinski definition) is 0. The molecule has 0 amide bonds. The minimum Gasteiger partial charge on any atom is -0.468 e. The highest BCUT2D eigenvalue weighted by molar-refractivity contribution is 6.12. The molecule has 1 saturated heterocycles. The molecule has 6 heteroatoms. The van der Waals surface area contributed by atoms with E-state index < -0.39 is 35.0 Å². The highest BCUT2D eigenvalue weighted by Crippen LogP contribution is 2.72. The molecule has 29 heavy (non-hydrogen) atoms. The Bertz CT molecular complexity index is 727. The average molecular weight is 407 g/mol. The zero-order valence-corrected chi connectivity index (χ0v) is 18.4. The lowest BCUT2D eigenvalue weighted by Crippen LogP contribution is -2.66. The summed E-state index contributed by atoms with van der Waals surface area (Å²) < 4.78 is 17.2. The van der Waals surface area contributed by atoms with Crippen LogP contribution in [0, 0.1) is 46.3 Å². The van der Waals surface area contributed by atoms with Crippen molar-refractivity contribution in [2.24, 2.45) is 46.3 Å². The number of carbonyl (C=O) groups excluding carboxylic acids is 3. The van der Waals surface area contributed by atoms with Gasteiger partial charge in [-0.3, -0.25) is 14.4 Å². The quantitative estimate of drug-likeness (QED) is 0.526. The summed E-state index contributed by atoms with van der Waals surface area (Å²) in [5, 5.41) is 0. The van der Waals surface area contributed by atoms with Crippen LogP contribution in [-0.2, 0) is 28.6 Å². The lowest BCUT2D eigenvalue weighted by atomic mass is 9.44. The fourth-order valence-electron chi connectivity index (χ4n) is 7.05. The van der Waals surface area contributed by atoms with E-state index in [1.165, 1.54) is 13.5 Å². The highest BCUT2D eigenvalue weighted by Gasteiger charge is 2.84. The number of ether oxygens (including phenoxy) is 3. The van der Waals surface area contributed by atoms with Gasteiger partial charge < -0.3 is 14.2 Å². The molecular weight excluding hydrogens is 372 g/mol. The van der Waals surface area contributed by atoms with Crippen molar-refractivity contribution in [1.82, 2.24) is 0 Å². The fourth-order valence-corrected chi connectivity index (χ4v) is 7.05. The molecule has 3 aliphatic carbocycles.